The molecular formula is C14H15N2+. The minimum Gasteiger partial charge on any atom is -0.258 e. The molecule has 0 N–H and O–H groups in total. The zero-order valence-corrected chi connectivity index (χ0v) is 9.64. The minimum atomic E-state index is 0.916. The lowest BCUT2D eigenvalue weighted by molar-refractivity contribution is -0.659. The van der Waals surface area contributed by atoms with Crippen LogP contribution in [0.5, 0.6) is 0 Å². The Balaban J connectivity index is 2.73. The summed E-state index contributed by atoms with van der Waals surface area (Å²) in [5.41, 5.74) is 4.47. The van der Waals surface area contributed by atoms with Gasteiger partial charge in [-0.2, -0.15) is 4.57 Å². The number of aliphatic imine (C=N–C) groups is 1. The SMILES string of the molecule is C=Nc1ccc[n+](C)c1-c1ccccc1C. The average molecular weight is 211 g/mol. The van der Waals surface area contributed by atoms with Crippen molar-refractivity contribution in [3.05, 3.63) is 48.2 Å². The van der Waals surface area contributed by atoms with Crippen LogP contribution in [0.2, 0.25) is 0 Å². The van der Waals surface area contributed by atoms with E-state index in [1.165, 1.54) is 11.1 Å². The van der Waals surface area contributed by atoms with Crippen LogP contribution in [0.3, 0.4) is 0 Å². The maximum atomic E-state index is 4.08. The number of aromatic nitrogens is 1. The van der Waals surface area contributed by atoms with E-state index in [1.54, 1.807) is 0 Å². The molecule has 16 heavy (non-hydrogen) atoms. The van der Waals surface area contributed by atoms with Crippen molar-refractivity contribution in [3.63, 3.8) is 0 Å². The summed E-state index contributed by atoms with van der Waals surface area (Å²) in [5, 5.41) is 0. The van der Waals surface area contributed by atoms with Crippen LogP contribution in [-0.2, 0) is 7.05 Å². The second-order valence-corrected chi connectivity index (χ2v) is 3.83. The normalized spacial score (nSPS) is 10.1. The van der Waals surface area contributed by atoms with Gasteiger partial charge in [-0.15, -0.1) is 0 Å². The molecule has 2 rings (SSSR count). The second-order valence-electron chi connectivity index (χ2n) is 3.83. The first-order chi connectivity index (χ1) is 7.74. The molecular weight excluding hydrogens is 196 g/mol. The zero-order valence-electron chi connectivity index (χ0n) is 9.64. The first-order valence-electron chi connectivity index (χ1n) is 5.25. The molecule has 2 nitrogen and oxygen atoms in total. The van der Waals surface area contributed by atoms with Gasteiger partial charge in [0.25, 0.3) is 0 Å². The number of pyridine rings is 1. The fourth-order valence-electron chi connectivity index (χ4n) is 1.89. The highest BCUT2D eigenvalue weighted by Gasteiger charge is 2.16. The fraction of sp³-hybridized carbons (Fsp3) is 0.143. The molecule has 1 aromatic heterocycles. The summed E-state index contributed by atoms with van der Waals surface area (Å²) < 4.78 is 2.08. The smallest absolute Gasteiger partial charge is 0.238 e. The van der Waals surface area contributed by atoms with E-state index in [0.717, 1.165) is 11.4 Å². The van der Waals surface area contributed by atoms with E-state index in [2.05, 4.69) is 35.3 Å². The Morgan fingerprint density at radius 3 is 2.56 bits per heavy atom. The Labute approximate surface area is 95.9 Å². The fourth-order valence-corrected chi connectivity index (χ4v) is 1.89. The van der Waals surface area contributed by atoms with Crippen molar-refractivity contribution < 1.29 is 4.57 Å². The highest BCUT2D eigenvalue weighted by atomic mass is 14.9. The van der Waals surface area contributed by atoms with Crippen LogP contribution in [0.15, 0.2) is 47.6 Å². The molecule has 1 heterocycles. The van der Waals surface area contributed by atoms with E-state index < -0.39 is 0 Å². The van der Waals surface area contributed by atoms with Crippen molar-refractivity contribution in [2.75, 3.05) is 0 Å². The number of benzene rings is 1. The van der Waals surface area contributed by atoms with Gasteiger partial charge in [-0.1, -0.05) is 18.2 Å². The monoisotopic (exact) mass is 211 g/mol. The average Bonchev–Trinajstić information content (AvgIpc) is 2.30. The summed E-state index contributed by atoms with van der Waals surface area (Å²) in [6.45, 7) is 5.73. The standard InChI is InChI=1S/C14H15N2/c1-11-7-4-5-8-12(11)14-13(15-2)9-6-10-16(14)3/h4-10H,2H2,1,3H3/q+1. The number of nitrogens with zero attached hydrogens (tertiary/aromatic N) is 2. The molecule has 1 aromatic carbocycles. The van der Waals surface area contributed by atoms with E-state index in [-0.39, 0.29) is 0 Å². The highest BCUT2D eigenvalue weighted by molar-refractivity contribution is 5.72. The number of aryl methyl sites for hydroxylation is 2. The molecule has 0 bridgehead atoms. The van der Waals surface area contributed by atoms with Crippen LogP contribution in [0.4, 0.5) is 5.69 Å². The predicted molar refractivity (Wildman–Crippen MR) is 67.0 cm³/mol. The summed E-state index contributed by atoms with van der Waals surface area (Å²) in [5.74, 6) is 0. The third-order valence-electron chi connectivity index (χ3n) is 2.73. The number of hydrogen-bond acceptors (Lipinski definition) is 1. The van der Waals surface area contributed by atoms with E-state index in [1.807, 2.05) is 37.5 Å². The second kappa shape index (κ2) is 4.27. The van der Waals surface area contributed by atoms with Crippen molar-refractivity contribution in [3.8, 4) is 11.3 Å². The van der Waals surface area contributed by atoms with Crippen molar-refractivity contribution in [1.29, 1.82) is 0 Å². The molecule has 2 heteroatoms. The van der Waals surface area contributed by atoms with E-state index >= 15 is 0 Å². The molecule has 0 aliphatic carbocycles. The van der Waals surface area contributed by atoms with Gasteiger partial charge in [0.2, 0.25) is 5.69 Å². The molecule has 0 radical (unpaired) electrons. The maximum absolute atomic E-state index is 4.08. The molecule has 0 saturated carbocycles. The zero-order chi connectivity index (χ0) is 11.5. The van der Waals surface area contributed by atoms with Gasteiger partial charge < -0.3 is 0 Å². The summed E-state index contributed by atoms with van der Waals surface area (Å²) in [6.07, 6.45) is 2.02. The third-order valence-corrected chi connectivity index (χ3v) is 2.73. The Morgan fingerprint density at radius 1 is 1.12 bits per heavy atom. The number of hydrogen-bond donors (Lipinski definition) is 0. The van der Waals surface area contributed by atoms with Crippen LogP contribution in [0, 0.1) is 6.92 Å². The van der Waals surface area contributed by atoms with Crippen LogP contribution in [-0.4, -0.2) is 6.72 Å². The Morgan fingerprint density at radius 2 is 1.88 bits per heavy atom. The minimum absolute atomic E-state index is 0.916. The van der Waals surface area contributed by atoms with Gasteiger partial charge in [0.1, 0.15) is 12.7 Å². The summed E-state index contributed by atoms with van der Waals surface area (Å²) >= 11 is 0. The summed E-state index contributed by atoms with van der Waals surface area (Å²) in [7, 11) is 2.02. The molecule has 0 fully saturated rings. The Bertz CT molecular complexity index is 530. The quantitative estimate of drug-likeness (QED) is 0.536. The Hall–Kier alpha value is -1.96. The van der Waals surface area contributed by atoms with Crippen molar-refractivity contribution in [1.82, 2.24) is 0 Å². The van der Waals surface area contributed by atoms with Gasteiger partial charge in [-0.05, 0) is 31.3 Å². The van der Waals surface area contributed by atoms with Crippen LogP contribution < -0.4 is 4.57 Å². The van der Waals surface area contributed by atoms with Crippen molar-refractivity contribution in [2.45, 2.75) is 6.92 Å². The van der Waals surface area contributed by atoms with Gasteiger partial charge in [0, 0.05) is 6.07 Å². The molecule has 0 unspecified atom stereocenters. The van der Waals surface area contributed by atoms with Crippen LogP contribution in [0.1, 0.15) is 5.56 Å². The molecule has 0 amide bonds. The molecule has 0 saturated heterocycles. The maximum Gasteiger partial charge on any atom is 0.238 e. The number of rotatable bonds is 2. The Kier molecular flexibility index (Phi) is 2.82. The van der Waals surface area contributed by atoms with Gasteiger partial charge >= 0.3 is 0 Å². The third kappa shape index (κ3) is 1.74. The lowest BCUT2D eigenvalue weighted by atomic mass is 10.0. The van der Waals surface area contributed by atoms with Gasteiger partial charge in [-0.3, -0.25) is 4.99 Å². The molecule has 0 spiro atoms. The molecule has 80 valence electrons. The van der Waals surface area contributed by atoms with Crippen molar-refractivity contribution >= 4 is 12.4 Å². The van der Waals surface area contributed by atoms with Gasteiger partial charge in [0.15, 0.2) is 6.20 Å². The van der Waals surface area contributed by atoms with E-state index in [4.69, 9.17) is 0 Å². The largest absolute Gasteiger partial charge is 0.258 e. The topological polar surface area (TPSA) is 16.2 Å². The van der Waals surface area contributed by atoms with Gasteiger partial charge in [-0.25, -0.2) is 0 Å². The molecule has 2 aromatic rings. The molecule has 0 atom stereocenters. The first kappa shape index (κ1) is 10.6. The summed E-state index contributed by atoms with van der Waals surface area (Å²) in [4.78, 5) is 4.08. The summed E-state index contributed by atoms with van der Waals surface area (Å²) in [6, 6.07) is 12.3. The lowest BCUT2D eigenvalue weighted by Gasteiger charge is -2.05. The highest BCUT2D eigenvalue weighted by Crippen LogP contribution is 2.28. The van der Waals surface area contributed by atoms with Gasteiger partial charge in [0.05, 0.1) is 5.56 Å². The lowest BCUT2D eigenvalue weighted by Crippen LogP contribution is -2.30. The molecule has 0 aliphatic rings. The first-order valence-corrected chi connectivity index (χ1v) is 5.25. The van der Waals surface area contributed by atoms with E-state index in [9.17, 15) is 0 Å². The van der Waals surface area contributed by atoms with Crippen molar-refractivity contribution in [2.24, 2.45) is 12.0 Å². The predicted octanol–water partition coefficient (Wildman–Crippen LogP) is 2.82. The molecule has 0 aliphatic heterocycles. The van der Waals surface area contributed by atoms with E-state index in [0.29, 0.717) is 0 Å². The van der Waals surface area contributed by atoms with Crippen LogP contribution >= 0.6 is 0 Å². The van der Waals surface area contributed by atoms with Crippen LogP contribution in [0.25, 0.3) is 11.3 Å².